The molecule has 1 heterocycles. The van der Waals surface area contributed by atoms with Gasteiger partial charge in [0.05, 0.1) is 6.54 Å². The van der Waals surface area contributed by atoms with E-state index in [0.29, 0.717) is 13.1 Å². The Balaban J connectivity index is 1.48. The number of halogens is 1. The lowest BCUT2D eigenvalue weighted by Gasteiger charge is -2.36. The molecule has 0 spiro atoms. The molecule has 0 saturated carbocycles. The second kappa shape index (κ2) is 8.50. The highest BCUT2D eigenvalue weighted by atomic mass is 79.9. The number of piperazine rings is 1. The molecular formula is C20H24BrN3O. The highest BCUT2D eigenvalue weighted by Gasteiger charge is 2.20. The van der Waals surface area contributed by atoms with Crippen LogP contribution in [0.25, 0.3) is 0 Å². The number of amides is 1. The molecule has 0 atom stereocenters. The quantitative estimate of drug-likeness (QED) is 0.769. The van der Waals surface area contributed by atoms with E-state index >= 15 is 0 Å². The third-order valence-electron chi connectivity index (χ3n) is 4.64. The third kappa shape index (κ3) is 4.83. The lowest BCUT2D eigenvalue weighted by molar-refractivity contribution is -0.131. The number of benzene rings is 2. The first-order valence-electron chi connectivity index (χ1n) is 8.63. The molecule has 0 unspecified atom stereocenters. The van der Waals surface area contributed by atoms with Gasteiger partial charge in [-0.05, 0) is 23.8 Å². The van der Waals surface area contributed by atoms with E-state index in [-0.39, 0.29) is 5.91 Å². The Hall–Kier alpha value is -1.85. The van der Waals surface area contributed by atoms with Crippen molar-refractivity contribution >= 4 is 27.5 Å². The van der Waals surface area contributed by atoms with Crippen molar-refractivity contribution in [1.82, 2.24) is 9.80 Å². The normalized spacial score (nSPS) is 15.2. The van der Waals surface area contributed by atoms with Crippen LogP contribution in [-0.2, 0) is 11.3 Å². The monoisotopic (exact) mass is 401 g/mol. The van der Waals surface area contributed by atoms with E-state index in [9.17, 15) is 4.79 Å². The van der Waals surface area contributed by atoms with E-state index in [2.05, 4.69) is 50.0 Å². The summed E-state index contributed by atoms with van der Waals surface area (Å²) in [7, 11) is 1.88. The zero-order chi connectivity index (χ0) is 17.6. The van der Waals surface area contributed by atoms with Gasteiger partial charge in [-0.2, -0.15) is 0 Å². The zero-order valence-electron chi connectivity index (χ0n) is 14.6. The van der Waals surface area contributed by atoms with Gasteiger partial charge in [0.1, 0.15) is 0 Å². The van der Waals surface area contributed by atoms with Gasteiger partial charge in [-0.25, -0.2) is 0 Å². The molecule has 4 nitrogen and oxygen atoms in total. The summed E-state index contributed by atoms with van der Waals surface area (Å²) in [5, 5.41) is 0. The van der Waals surface area contributed by atoms with Crippen LogP contribution >= 0.6 is 15.9 Å². The maximum atomic E-state index is 12.5. The summed E-state index contributed by atoms with van der Waals surface area (Å²) in [5.41, 5.74) is 2.40. The van der Waals surface area contributed by atoms with Crippen molar-refractivity contribution in [3.05, 3.63) is 64.6 Å². The molecule has 1 amide bonds. The van der Waals surface area contributed by atoms with Gasteiger partial charge in [-0.3, -0.25) is 9.69 Å². The van der Waals surface area contributed by atoms with E-state index in [0.717, 1.165) is 36.2 Å². The molecule has 0 aliphatic carbocycles. The van der Waals surface area contributed by atoms with Gasteiger partial charge in [0.25, 0.3) is 0 Å². The van der Waals surface area contributed by atoms with Crippen LogP contribution in [0.4, 0.5) is 5.69 Å². The fraction of sp³-hybridized carbons (Fsp3) is 0.350. The van der Waals surface area contributed by atoms with Crippen molar-refractivity contribution in [3.63, 3.8) is 0 Å². The Kier molecular flexibility index (Phi) is 6.10. The van der Waals surface area contributed by atoms with Gasteiger partial charge in [-0.1, -0.05) is 52.3 Å². The van der Waals surface area contributed by atoms with Crippen LogP contribution in [0, 0.1) is 0 Å². The molecule has 5 heteroatoms. The SMILES string of the molecule is CN(Cc1ccccc1Br)C(=O)CN1CCN(c2ccccc2)CC1. The highest BCUT2D eigenvalue weighted by molar-refractivity contribution is 9.10. The molecule has 1 aliphatic heterocycles. The van der Waals surface area contributed by atoms with Crippen molar-refractivity contribution in [2.24, 2.45) is 0 Å². The molecule has 2 aromatic rings. The molecule has 3 rings (SSSR count). The molecule has 0 aromatic heterocycles. The molecule has 0 radical (unpaired) electrons. The Labute approximate surface area is 158 Å². The lowest BCUT2D eigenvalue weighted by atomic mass is 10.2. The summed E-state index contributed by atoms with van der Waals surface area (Å²) in [4.78, 5) is 19.0. The van der Waals surface area contributed by atoms with Gasteiger partial charge < -0.3 is 9.80 Å². The molecular weight excluding hydrogens is 378 g/mol. The molecule has 1 aliphatic rings. The number of anilines is 1. The van der Waals surface area contributed by atoms with Gasteiger partial charge in [0.15, 0.2) is 0 Å². The number of para-hydroxylation sites is 1. The number of rotatable bonds is 5. The number of likely N-dealkylation sites (N-methyl/N-ethyl adjacent to an activating group) is 1. The Morgan fingerprint density at radius 3 is 2.32 bits per heavy atom. The smallest absolute Gasteiger partial charge is 0.236 e. The maximum absolute atomic E-state index is 12.5. The van der Waals surface area contributed by atoms with E-state index < -0.39 is 0 Å². The molecule has 25 heavy (non-hydrogen) atoms. The summed E-state index contributed by atoms with van der Waals surface area (Å²) >= 11 is 3.55. The fourth-order valence-corrected chi connectivity index (χ4v) is 3.50. The van der Waals surface area contributed by atoms with E-state index in [1.807, 2.05) is 42.3 Å². The minimum atomic E-state index is 0.170. The number of carbonyl (C=O) groups is 1. The molecule has 1 fully saturated rings. The predicted octanol–water partition coefficient (Wildman–Crippen LogP) is 3.23. The molecule has 0 N–H and O–H groups in total. The van der Waals surface area contributed by atoms with Gasteiger partial charge in [0.2, 0.25) is 5.91 Å². The molecule has 0 bridgehead atoms. The standard InChI is InChI=1S/C20H24BrN3O/c1-22(15-17-7-5-6-10-19(17)21)20(25)16-23-11-13-24(14-12-23)18-8-3-2-4-9-18/h2-10H,11-16H2,1H3. The van der Waals surface area contributed by atoms with Crippen molar-refractivity contribution in [1.29, 1.82) is 0 Å². The second-order valence-electron chi connectivity index (χ2n) is 6.44. The molecule has 132 valence electrons. The summed E-state index contributed by atoms with van der Waals surface area (Å²) < 4.78 is 1.05. The maximum Gasteiger partial charge on any atom is 0.236 e. The number of nitrogens with zero attached hydrogens (tertiary/aromatic N) is 3. The van der Waals surface area contributed by atoms with Gasteiger partial charge >= 0.3 is 0 Å². The topological polar surface area (TPSA) is 26.8 Å². The largest absolute Gasteiger partial charge is 0.369 e. The summed E-state index contributed by atoms with van der Waals surface area (Å²) in [5.74, 6) is 0.170. The summed E-state index contributed by atoms with van der Waals surface area (Å²) in [6.45, 7) is 4.89. The predicted molar refractivity (Wildman–Crippen MR) is 106 cm³/mol. The lowest BCUT2D eigenvalue weighted by Crippen LogP contribution is -2.49. The van der Waals surface area contributed by atoms with Crippen LogP contribution in [-0.4, -0.2) is 55.5 Å². The number of hydrogen-bond donors (Lipinski definition) is 0. The van der Waals surface area contributed by atoms with Crippen LogP contribution in [0.3, 0.4) is 0 Å². The van der Waals surface area contributed by atoms with E-state index in [4.69, 9.17) is 0 Å². The van der Waals surface area contributed by atoms with Crippen molar-refractivity contribution < 1.29 is 4.79 Å². The Morgan fingerprint density at radius 2 is 1.64 bits per heavy atom. The minimum Gasteiger partial charge on any atom is -0.369 e. The number of carbonyl (C=O) groups excluding carboxylic acids is 1. The van der Waals surface area contributed by atoms with Crippen molar-refractivity contribution in [2.45, 2.75) is 6.54 Å². The molecule has 2 aromatic carbocycles. The second-order valence-corrected chi connectivity index (χ2v) is 7.29. The van der Waals surface area contributed by atoms with E-state index in [1.54, 1.807) is 0 Å². The Bertz CT molecular complexity index is 699. The summed E-state index contributed by atoms with van der Waals surface area (Å²) in [6, 6.07) is 18.5. The first-order valence-corrected chi connectivity index (χ1v) is 9.42. The zero-order valence-corrected chi connectivity index (χ0v) is 16.2. The van der Waals surface area contributed by atoms with Gasteiger partial charge in [0, 0.05) is 49.9 Å². The van der Waals surface area contributed by atoms with Crippen LogP contribution in [0.2, 0.25) is 0 Å². The average Bonchev–Trinajstić information content (AvgIpc) is 2.65. The average molecular weight is 402 g/mol. The first kappa shape index (κ1) is 18.0. The fourth-order valence-electron chi connectivity index (χ4n) is 3.09. The minimum absolute atomic E-state index is 0.170. The van der Waals surface area contributed by atoms with Crippen LogP contribution in [0.15, 0.2) is 59.1 Å². The first-order chi connectivity index (χ1) is 12.1. The van der Waals surface area contributed by atoms with Crippen molar-refractivity contribution in [3.8, 4) is 0 Å². The van der Waals surface area contributed by atoms with Crippen molar-refractivity contribution in [2.75, 3.05) is 44.7 Å². The van der Waals surface area contributed by atoms with E-state index in [1.165, 1.54) is 5.69 Å². The molecule has 1 saturated heterocycles. The number of hydrogen-bond acceptors (Lipinski definition) is 3. The van der Waals surface area contributed by atoms with Crippen LogP contribution in [0.1, 0.15) is 5.56 Å². The van der Waals surface area contributed by atoms with Crippen LogP contribution in [0.5, 0.6) is 0 Å². The van der Waals surface area contributed by atoms with Gasteiger partial charge in [-0.15, -0.1) is 0 Å². The van der Waals surface area contributed by atoms with Crippen LogP contribution < -0.4 is 4.90 Å². The highest BCUT2D eigenvalue weighted by Crippen LogP contribution is 2.18. The summed E-state index contributed by atoms with van der Waals surface area (Å²) in [6.07, 6.45) is 0. The Morgan fingerprint density at radius 1 is 1.00 bits per heavy atom. The third-order valence-corrected chi connectivity index (χ3v) is 5.42.